The van der Waals surface area contributed by atoms with Gasteiger partial charge >= 0.3 is 5.76 Å². The summed E-state index contributed by atoms with van der Waals surface area (Å²) in [6.07, 6.45) is 0.204. The molecule has 25 heavy (non-hydrogen) atoms. The summed E-state index contributed by atoms with van der Waals surface area (Å²) in [5, 5.41) is 2.89. The van der Waals surface area contributed by atoms with Crippen LogP contribution in [0.3, 0.4) is 0 Å². The Labute approximate surface area is 145 Å². The quantitative estimate of drug-likeness (QED) is 0.717. The number of hydrogen-bond donors (Lipinski definition) is 1. The number of nitrogens with zero attached hydrogens (tertiary/aromatic N) is 1. The average molecular weight is 340 g/mol. The molecule has 1 aromatic heterocycles. The number of aryl methyl sites for hydroxylation is 1. The van der Waals surface area contributed by atoms with Crippen LogP contribution in [0.15, 0.2) is 57.7 Å². The van der Waals surface area contributed by atoms with Crippen molar-refractivity contribution in [2.45, 2.75) is 26.1 Å². The van der Waals surface area contributed by atoms with Crippen LogP contribution in [0.25, 0.3) is 11.1 Å². The van der Waals surface area contributed by atoms with Crippen LogP contribution in [-0.4, -0.2) is 17.6 Å². The number of methoxy groups -OCH3 is 1. The number of carbonyl (C=O) groups is 1. The van der Waals surface area contributed by atoms with E-state index < -0.39 is 5.76 Å². The van der Waals surface area contributed by atoms with E-state index in [1.54, 1.807) is 25.3 Å². The van der Waals surface area contributed by atoms with Crippen molar-refractivity contribution < 1.29 is 13.9 Å². The van der Waals surface area contributed by atoms with Crippen LogP contribution in [0, 0.1) is 0 Å². The number of fused-ring (bicyclic) bond motifs is 1. The van der Waals surface area contributed by atoms with Crippen molar-refractivity contribution in [1.29, 1.82) is 0 Å². The number of hydrogen-bond acceptors (Lipinski definition) is 4. The maximum absolute atomic E-state index is 12.1. The Morgan fingerprint density at radius 1 is 1.12 bits per heavy atom. The second kappa shape index (κ2) is 7.81. The molecular weight excluding hydrogens is 320 g/mol. The lowest BCUT2D eigenvalue weighted by Gasteiger charge is -2.10. The van der Waals surface area contributed by atoms with E-state index in [-0.39, 0.29) is 18.9 Å². The molecule has 0 radical (unpaired) electrons. The van der Waals surface area contributed by atoms with E-state index in [1.807, 2.05) is 30.3 Å². The third kappa shape index (κ3) is 3.97. The van der Waals surface area contributed by atoms with Gasteiger partial charge in [-0.25, -0.2) is 4.79 Å². The SMILES string of the molecule is COCc1ccccc1CNC(=O)CCn1c(=O)oc2ccccc21. The van der Waals surface area contributed by atoms with Gasteiger partial charge in [-0.05, 0) is 23.3 Å². The summed E-state index contributed by atoms with van der Waals surface area (Å²) < 4.78 is 11.8. The van der Waals surface area contributed by atoms with Gasteiger partial charge in [-0.15, -0.1) is 0 Å². The molecule has 0 atom stereocenters. The minimum absolute atomic E-state index is 0.121. The Hall–Kier alpha value is -2.86. The molecule has 0 unspecified atom stereocenters. The lowest BCUT2D eigenvalue weighted by molar-refractivity contribution is -0.121. The fraction of sp³-hybridized carbons (Fsp3) is 0.263. The molecule has 1 heterocycles. The van der Waals surface area contributed by atoms with Crippen LogP contribution >= 0.6 is 0 Å². The highest BCUT2D eigenvalue weighted by Crippen LogP contribution is 2.12. The van der Waals surface area contributed by atoms with Crippen LogP contribution in [0.4, 0.5) is 0 Å². The Kier molecular flexibility index (Phi) is 5.30. The number of amides is 1. The van der Waals surface area contributed by atoms with Gasteiger partial charge in [0, 0.05) is 26.6 Å². The van der Waals surface area contributed by atoms with E-state index in [1.165, 1.54) is 4.57 Å². The number of oxazole rings is 1. The smallest absolute Gasteiger partial charge is 0.408 e. The molecular formula is C19H20N2O4. The summed E-state index contributed by atoms with van der Waals surface area (Å²) in [6, 6.07) is 15.0. The highest BCUT2D eigenvalue weighted by atomic mass is 16.5. The fourth-order valence-corrected chi connectivity index (χ4v) is 2.75. The Bertz CT molecular complexity index is 926. The van der Waals surface area contributed by atoms with Gasteiger partial charge < -0.3 is 14.5 Å². The molecule has 0 aliphatic rings. The summed E-state index contributed by atoms with van der Waals surface area (Å²) in [7, 11) is 1.64. The molecule has 6 heteroatoms. The van der Waals surface area contributed by atoms with Gasteiger partial charge in [-0.2, -0.15) is 0 Å². The second-order valence-corrected chi connectivity index (χ2v) is 5.72. The standard InChI is InChI=1S/C19H20N2O4/c1-24-13-15-7-3-2-6-14(15)12-20-18(22)10-11-21-16-8-4-5-9-17(16)25-19(21)23/h2-9H,10-13H2,1H3,(H,20,22). The topological polar surface area (TPSA) is 73.5 Å². The van der Waals surface area contributed by atoms with Crippen LogP contribution in [0.5, 0.6) is 0 Å². The fourth-order valence-electron chi connectivity index (χ4n) is 2.75. The molecule has 0 spiro atoms. The zero-order valence-electron chi connectivity index (χ0n) is 14.0. The van der Waals surface area contributed by atoms with Crippen molar-refractivity contribution in [2.24, 2.45) is 0 Å². The molecule has 1 amide bonds. The number of rotatable bonds is 7. The lowest BCUT2D eigenvalue weighted by Crippen LogP contribution is -2.26. The predicted molar refractivity (Wildman–Crippen MR) is 94.1 cm³/mol. The highest BCUT2D eigenvalue weighted by molar-refractivity contribution is 5.76. The largest absolute Gasteiger partial charge is 0.419 e. The third-order valence-corrected chi connectivity index (χ3v) is 4.03. The number of para-hydroxylation sites is 2. The number of carbonyl (C=O) groups excluding carboxylic acids is 1. The minimum atomic E-state index is -0.445. The van der Waals surface area contributed by atoms with Gasteiger partial charge in [0.1, 0.15) is 0 Å². The normalized spacial score (nSPS) is 10.9. The molecule has 130 valence electrons. The molecule has 0 bridgehead atoms. The van der Waals surface area contributed by atoms with E-state index in [4.69, 9.17) is 9.15 Å². The molecule has 2 aromatic carbocycles. The van der Waals surface area contributed by atoms with Crippen LogP contribution in [0.1, 0.15) is 17.5 Å². The van der Waals surface area contributed by atoms with Gasteiger partial charge in [0.25, 0.3) is 0 Å². The molecule has 0 fully saturated rings. The maximum atomic E-state index is 12.1. The van der Waals surface area contributed by atoms with Gasteiger partial charge in [0.15, 0.2) is 5.58 Å². The van der Waals surface area contributed by atoms with E-state index in [2.05, 4.69) is 5.32 Å². The highest BCUT2D eigenvalue weighted by Gasteiger charge is 2.10. The van der Waals surface area contributed by atoms with E-state index >= 15 is 0 Å². The first-order valence-electron chi connectivity index (χ1n) is 8.10. The molecule has 0 saturated carbocycles. The van der Waals surface area contributed by atoms with Crippen molar-refractivity contribution in [1.82, 2.24) is 9.88 Å². The van der Waals surface area contributed by atoms with Gasteiger partial charge in [-0.3, -0.25) is 9.36 Å². The second-order valence-electron chi connectivity index (χ2n) is 5.72. The van der Waals surface area contributed by atoms with Crippen molar-refractivity contribution in [3.05, 3.63) is 70.2 Å². The summed E-state index contributed by atoms with van der Waals surface area (Å²) in [5.74, 6) is -0.566. The zero-order valence-corrected chi connectivity index (χ0v) is 14.0. The summed E-state index contributed by atoms with van der Waals surface area (Å²) in [5.41, 5.74) is 3.29. The summed E-state index contributed by atoms with van der Waals surface area (Å²) in [4.78, 5) is 24.0. The van der Waals surface area contributed by atoms with Crippen LogP contribution in [0.2, 0.25) is 0 Å². The lowest BCUT2D eigenvalue weighted by atomic mass is 10.1. The molecule has 0 aliphatic heterocycles. The molecule has 0 saturated heterocycles. The molecule has 6 nitrogen and oxygen atoms in total. The number of benzene rings is 2. The van der Waals surface area contributed by atoms with Crippen LogP contribution < -0.4 is 11.1 Å². The average Bonchev–Trinajstić information content (AvgIpc) is 2.94. The zero-order chi connectivity index (χ0) is 17.6. The molecule has 1 N–H and O–H groups in total. The van der Waals surface area contributed by atoms with Gasteiger partial charge in [-0.1, -0.05) is 36.4 Å². The molecule has 3 rings (SSSR count). The van der Waals surface area contributed by atoms with Crippen LogP contribution in [-0.2, 0) is 29.2 Å². The number of ether oxygens (including phenoxy) is 1. The predicted octanol–water partition coefficient (Wildman–Crippen LogP) is 2.45. The number of nitrogens with one attached hydrogen (secondary N) is 1. The summed E-state index contributed by atoms with van der Waals surface area (Å²) >= 11 is 0. The Morgan fingerprint density at radius 2 is 1.84 bits per heavy atom. The van der Waals surface area contributed by atoms with Gasteiger partial charge in [0.2, 0.25) is 5.91 Å². The third-order valence-electron chi connectivity index (χ3n) is 4.03. The van der Waals surface area contributed by atoms with E-state index in [0.717, 1.165) is 11.1 Å². The van der Waals surface area contributed by atoms with Gasteiger partial charge in [0.05, 0.1) is 12.1 Å². The van der Waals surface area contributed by atoms with E-state index in [0.29, 0.717) is 24.3 Å². The molecule has 3 aromatic rings. The first-order valence-corrected chi connectivity index (χ1v) is 8.10. The minimum Gasteiger partial charge on any atom is -0.408 e. The monoisotopic (exact) mass is 340 g/mol. The Balaban J connectivity index is 1.60. The summed E-state index contributed by atoms with van der Waals surface area (Å²) in [6.45, 7) is 1.21. The molecule has 0 aliphatic carbocycles. The number of aromatic nitrogens is 1. The first-order chi connectivity index (χ1) is 12.2. The van der Waals surface area contributed by atoms with Crippen molar-refractivity contribution in [3.8, 4) is 0 Å². The van der Waals surface area contributed by atoms with Crippen molar-refractivity contribution in [3.63, 3.8) is 0 Å². The first kappa shape index (κ1) is 17.0. The maximum Gasteiger partial charge on any atom is 0.419 e. The van der Waals surface area contributed by atoms with Crippen molar-refractivity contribution >= 4 is 17.0 Å². The van der Waals surface area contributed by atoms with Crippen molar-refractivity contribution in [2.75, 3.05) is 7.11 Å². The van der Waals surface area contributed by atoms with E-state index in [9.17, 15) is 9.59 Å². The Morgan fingerprint density at radius 3 is 2.64 bits per heavy atom.